The number of oxazole rings is 1. The first-order valence-electron chi connectivity index (χ1n) is 8.10. The van der Waals surface area contributed by atoms with E-state index in [1.807, 2.05) is 24.3 Å². The summed E-state index contributed by atoms with van der Waals surface area (Å²) in [6, 6.07) is 8.55. The van der Waals surface area contributed by atoms with Crippen LogP contribution in [0.2, 0.25) is 0 Å². The molecule has 0 aliphatic carbocycles. The van der Waals surface area contributed by atoms with Gasteiger partial charge in [0.1, 0.15) is 5.52 Å². The summed E-state index contributed by atoms with van der Waals surface area (Å²) >= 11 is 0. The van der Waals surface area contributed by atoms with Crippen LogP contribution in [-0.4, -0.2) is 60.7 Å². The normalized spacial score (nSPS) is 20.7. The average Bonchev–Trinajstić information content (AvgIpc) is 2.95. The third-order valence-corrected chi connectivity index (χ3v) is 4.44. The molecule has 2 heterocycles. The highest BCUT2D eigenvalue weighted by molar-refractivity contribution is 5.72. The van der Waals surface area contributed by atoms with E-state index in [-0.39, 0.29) is 0 Å². The van der Waals surface area contributed by atoms with Crippen molar-refractivity contribution in [2.75, 3.05) is 39.9 Å². The number of fused-ring (bicyclic) bond motifs is 1. The van der Waals surface area contributed by atoms with Gasteiger partial charge in [0.05, 0.1) is 13.2 Å². The second kappa shape index (κ2) is 7.22. The van der Waals surface area contributed by atoms with Crippen molar-refractivity contribution in [3.8, 4) is 0 Å². The minimum absolute atomic E-state index is 0.591. The summed E-state index contributed by atoms with van der Waals surface area (Å²) in [7, 11) is 1.77. The van der Waals surface area contributed by atoms with Gasteiger partial charge in [-0.3, -0.25) is 9.80 Å². The van der Waals surface area contributed by atoms with Gasteiger partial charge < -0.3 is 9.15 Å². The molecule has 2 aromatic rings. The summed E-state index contributed by atoms with van der Waals surface area (Å²) < 4.78 is 11.1. The number of rotatable bonds is 6. The lowest BCUT2D eigenvalue weighted by molar-refractivity contribution is 0.0433. The molecule has 1 aliphatic heterocycles. The van der Waals surface area contributed by atoms with Gasteiger partial charge in [-0.25, -0.2) is 4.98 Å². The van der Waals surface area contributed by atoms with Crippen molar-refractivity contribution in [3.63, 3.8) is 0 Å². The molecule has 1 aromatic heterocycles. The molecule has 120 valence electrons. The van der Waals surface area contributed by atoms with Crippen molar-refractivity contribution >= 4 is 11.1 Å². The Morgan fingerprint density at radius 2 is 2.18 bits per heavy atom. The number of para-hydroxylation sites is 2. The van der Waals surface area contributed by atoms with Gasteiger partial charge in [0, 0.05) is 39.3 Å². The lowest BCUT2D eigenvalue weighted by Gasteiger charge is -2.40. The van der Waals surface area contributed by atoms with E-state index >= 15 is 0 Å². The van der Waals surface area contributed by atoms with Crippen LogP contribution in [-0.2, 0) is 11.3 Å². The van der Waals surface area contributed by atoms with Crippen LogP contribution in [0.4, 0.5) is 0 Å². The van der Waals surface area contributed by atoms with Gasteiger partial charge >= 0.3 is 0 Å². The Kier molecular flexibility index (Phi) is 5.08. The predicted octanol–water partition coefficient (Wildman–Crippen LogP) is 2.37. The number of methoxy groups -OCH3 is 1. The van der Waals surface area contributed by atoms with Crippen LogP contribution < -0.4 is 0 Å². The van der Waals surface area contributed by atoms with Crippen LogP contribution >= 0.6 is 0 Å². The summed E-state index contributed by atoms with van der Waals surface area (Å²) in [6.07, 6.45) is 1.16. The molecule has 22 heavy (non-hydrogen) atoms. The van der Waals surface area contributed by atoms with Crippen molar-refractivity contribution in [2.45, 2.75) is 25.9 Å². The molecule has 1 aliphatic rings. The van der Waals surface area contributed by atoms with Crippen LogP contribution in [0, 0.1) is 0 Å². The number of hydrogen-bond donors (Lipinski definition) is 0. The number of ether oxygens (including phenoxy) is 1. The molecule has 1 saturated heterocycles. The quantitative estimate of drug-likeness (QED) is 0.819. The number of nitrogens with zero attached hydrogens (tertiary/aromatic N) is 3. The molecule has 5 nitrogen and oxygen atoms in total. The van der Waals surface area contributed by atoms with E-state index in [0.29, 0.717) is 6.04 Å². The zero-order valence-electron chi connectivity index (χ0n) is 13.5. The van der Waals surface area contributed by atoms with E-state index in [2.05, 4.69) is 21.7 Å². The summed E-state index contributed by atoms with van der Waals surface area (Å²) in [6.45, 7) is 8.09. The molecule has 5 heteroatoms. The average molecular weight is 303 g/mol. The SMILES string of the molecule is CCC1CN(Cc2nc3ccccc3o2)CCN1CCOC. The van der Waals surface area contributed by atoms with Crippen LogP contribution in [0.25, 0.3) is 11.1 Å². The molecule has 1 atom stereocenters. The third-order valence-electron chi connectivity index (χ3n) is 4.44. The first kappa shape index (κ1) is 15.5. The fraction of sp³-hybridized carbons (Fsp3) is 0.588. The van der Waals surface area contributed by atoms with Crippen molar-refractivity contribution in [1.82, 2.24) is 14.8 Å². The number of piperazine rings is 1. The van der Waals surface area contributed by atoms with E-state index in [9.17, 15) is 0 Å². The number of hydrogen-bond acceptors (Lipinski definition) is 5. The summed E-state index contributed by atoms with van der Waals surface area (Å²) in [5, 5.41) is 0. The van der Waals surface area contributed by atoms with Gasteiger partial charge in [0.2, 0.25) is 5.89 Å². The maximum atomic E-state index is 5.85. The van der Waals surface area contributed by atoms with E-state index < -0.39 is 0 Å². The van der Waals surface area contributed by atoms with Gasteiger partial charge in [0.25, 0.3) is 0 Å². The second-order valence-electron chi connectivity index (χ2n) is 5.90. The zero-order chi connectivity index (χ0) is 15.4. The van der Waals surface area contributed by atoms with Gasteiger partial charge in [-0.15, -0.1) is 0 Å². The lowest BCUT2D eigenvalue weighted by atomic mass is 10.1. The van der Waals surface area contributed by atoms with Crippen LogP contribution in [0.5, 0.6) is 0 Å². The maximum absolute atomic E-state index is 5.85. The van der Waals surface area contributed by atoms with Crippen LogP contribution in [0.3, 0.4) is 0 Å². The van der Waals surface area contributed by atoms with Gasteiger partial charge in [-0.2, -0.15) is 0 Å². The molecule has 0 amide bonds. The highest BCUT2D eigenvalue weighted by Crippen LogP contribution is 2.18. The van der Waals surface area contributed by atoms with Gasteiger partial charge in [-0.1, -0.05) is 19.1 Å². The molecule has 0 saturated carbocycles. The monoisotopic (exact) mass is 303 g/mol. The number of benzene rings is 1. The predicted molar refractivity (Wildman–Crippen MR) is 86.8 cm³/mol. The molecule has 3 rings (SSSR count). The molecular weight excluding hydrogens is 278 g/mol. The Labute approximate surface area is 131 Å². The molecular formula is C17H25N3O2. The summed E-state index contributed by atoms with van der Waals surface area (Å²) in [5.74, 6) is 0.821. The molecule has 1 fully saturated rings. The first-order valence-corrected chi connectivity index (χ1v) is 8.10. The molecule has 1 aromatic carbocycles. The summed E-state index contributed by atoms with van der Waals surface area (Å²) in [5.41, 5.74) is 1.83. The number of aromatic nitrogens is 1. The highest BCUT2D eigenvalue weighted by atomic mass is 16.5. The topological polar surface area (TPSA) is 41.7 Å². The lowest BCUT2D eigenvalue weighted by Crippen LogP contribution is -2.53. The van der Waals surface area contributed by atoms with E-state index in [0.717, 1.165) is 62.7 Å². The Bertz CT molecular complexity index is 565. The molecule has 0 spiro atoms. The van der Waals surface area contributed by atoms with Crippen LogP contribution in [0.15, 0.2) is 28.7 Å². The Hall–Kier alpha value is -1.43. The molecule has 0 radical (unpaired) electrons. The second-order valence-corrected chi connectivity index (χ2v) is 5.90. The smallest absolute Gasteiger partial charge is 0.209 e. The minimum atomic E-state index is 0.591. The highest BCUT2D eigenvalue weighted by Gasteiger charge is 2.26. The first-order chi connectivity index (χ1) is 10.8. The standard InChI is InChI=1S/C17H25N3O2/c1-3-14-12-19(8-9-20(14)10-11-21-2)13-17-18-15-6-4-5-7-16(15)22-17/h4-7,14H,3,8-13H2,1-2H3. The Balaban J connectivity index is 1.61. The van der Waals surface area contributed by atoms with Gasteiger partial charge in [0.15, 0.2) is 5.58 Å². The fourth-order valence-electron chi connectivity index (χ4n) is 3.17. The van der Waals surface area contributed by atoms with Gasteiger partial charge in [-0.05, 0) is 18.6 Å². The van der Waals surface area contributed by atoms with Crippen molar-refractivity contribution in [1.29, 1.82) is 0 Å². The third kappa shape index (κ3) is 3.48. The Morgan fingerprint density at radius 3 is 2.95 bits per heavy atom. The zero-order valence-corrected chi connectivity index (χ0v) is 13.5. The largest absolute Gasteiger partial charge is 0.439 e. The molecule has 0 N–H and O–H groups in total. The van der Waals surface area contributed by atoms with E-state index in [1.165, 1.54) is 0 Å². The van der Waals surface area contributed by atoms with Crippen LogP contribution in [0.1, 0.15) is 19.2 Å². The Morgan fingerprint density at radius 1 is 1.32 bits per heavy atom. The summed E-state index contributed by atoms with van der Waals surface area (Å²) in [4.78, 5) is 9.56. The van der Waals surface area contributed by atoms with Crippen molar-refractivity contribution in [3.05, 3.63) is 30.2 Å². The fourth-order valence-corrected chi connectivity index (χ4v) is 3.17. The molecule has 0 bridgehead atoms. The maximum Gasteiger partial charge on any atom is 0.209 e. The molecule has 1 unspecified atom stereocenters. The van der Waals surface area contributed by atoms with E-state index in [1.54, 1.807) is 7.11 Å². The van der Waals surface area contributed by atoms with Crippen molar-refractivity contribution in [2.24, 2.45) is 0 Å². The minimum Gasteiger partial charge on any atom is -0.439 e. The van der Waals surface area contributed by atoms with Crippen molar-refractivity contribution < 1.29 is 9.15 Å². The van der Waals surface area contributed by atoms with E-state index in [4.69, 9.17) is 9.15 Å².